The van der Waals surface area contributed by atoms with Gasteiger partial charge in [0.2, 0.25) is 0 Å². The van der Waals surface area contributed by atoms with Gasteiger partial charge in [-0.2, -0.15) is 0 Å². The molecule has 0 spiro atoms. The van der Waals surface area contributed by atoms with Gasteiger partial charge in [0.05, 0.1) is 18.3 Å². The fraction of sp³-hybridized carbons (Fsp3) is 0.769. The molecule has 1 aromatic heterocycles. The van der Waals surface area contributed by atoms with Gasteiger partial charge in [0.1, 0.15) is 5.60 Å². The Labute approximate surface area is 119 Å². The molecule has 1 amide bonds. The molecule has 0 unspecified atom stereocenters. The molecule has 1 aliphatic heterocycles. The third-order valence-electron chi connectivity index (χ3n) is 3.20. The average molecular weight is 281 g/mol. The zero-order valence-corrected chi connectivity index (χ0v) is 12.4. The number of aromatic nitrogens is 3. The zero-order chi connectivity index (χ0) is 14.8. The molecule has 0 aromatic carbocycles. The number of likely N-dealkylation sites (tertiary alicyclic amines) is 1. The van der Waals surface area contributed by atoms with E-state index in [4.69, 9.17) is 10.5 Å². The molecule has 20 heavy (non-hydrogen) atoms. The third-order valence-corrected chi connectivity index (χ3v) is 3.20. The number of nitrogens with zero attached hydrogens (tertiary/aromatic N) is 4. The monoisotopic (exact) mass is 281 g/mol. The van der Waals surface area contributed by atoms with Crippen LogP contribution < -0.4 is 5.73 Å². The number of carbonyl (C=O) groups excluding carboxylic acids is 1. The van der Waals surface area contributed by atoms with E-state index in [-0.39, 0.29) is 12.1 Å². The van der Waals surface area contributed by atoms with Gasteiger partial charge in [0.25, 0.3) is 0 Å². The van der Waals surface area contributed by atoms with E-state index in [1.54, 1.807) is 9.58 Å². The molecule has 0 radical (unpaired) electrons. The minimum absolute atomic E-state index is 0.108. The predicted octanol–water partition coefficient (Wildman–Crippen LogP) is 1.14. The molecule has 1 aromatic rings. The van der Waals surface area contributed by atoms with Gasteiger partial charge in [0.15, 0.2) is 0 Å². The third kappa shape index (κ3) is 3.69. The minimum Gasteiger partial charge on any atom is -0.444 e. The Balaban J connectivity index is 1.98. The summed E-state index contributed by atoms with van der Waals surface area (Å²) in [6.07, 6.45) is 3.52. The summed E-state index contributed by atoms with van der Waals surface area (Å²) in [6.45, 7) is 7.37. The summed E-state index contributed by atoms with van der Waals surface area (Å²) in [4.78, 5) is 13.9. The standard InChI is InChI=1S/C13H23N5O2/c1-13(2,3)20-12(19)18-6-4-5-11(18)9-17-8-10(7-14)15-16-17/h8,11H,4-7,9,14H2,1-3H3/t11-/m0/s1. The first-order valence-electron chi connectivity index (χ1n) is 6.98. The zero-order valence-electron chi connectivity index (χ0n) is 12.4. The molecule has 0 saturated carbocycles. The van der Waals surface area contributed by atoms with Gasteiger partial charge < -0.3 is 15.4 Å². The van der Waals surface area contributed by atoms with E-state index in [9.17, 15) is 4.79 Å². The van der Waals surface area contributed by atoms with Crippen LogP contribution in [0.3, 0.4) is 0 Å². The molecular formula is C13H23N5O2. The van der Waals surface area contributed by atoms with E-state index < -0.39 is 5.60 Å². The van der Waals surface area contributed by atoms with E-state index >= 15 is 0 Å². The first-order chi connectivity index (χ1) is 9.39. The molecule has 0 bridgehead atoms. The van der Waals surface area contributed by atoms with E-state index in [2.05, 4.69) is 10.3 Å². The number of hydrogen-bond donors (Lipinski definition) is 1. The first-order valence-corrected chi connectivity index (χ1v) is 6.98. The molecular weight excluding hydrogens is 258 g/mol. The second kappa shape index (κ2) is 5.78. The number of ether oxygens (including phenoxy) is 1. The Morgan fingerprint density at radius 1 is 1.55 bits per heavy atom. The van der Waals surface area contributed by atoms with Crippen molar-refractivity contribution >= 4 is 6.09 Å². The Morgan fingerprint density at radius 3 is 2.90 bits per heavy atom. The smallest absolute Gasteiger partial charge is 0.410 e. The lowest BCUT2D eigenvalue weighted by molar-refractivity contribution is 0.0211. The number of hydrogen-bond acceptors (Lipinski definition) is 5. The molecule has 0 aliphatic carbocycles. The van der Waals surface area contributed by atoms with Crippen molar-refractivity contribution in [2.45, 2.75) is 58.3 Å². The second-order valence-corrected chi connectivity index (χ2v) is 6.11. The fourth-order valence-corrected chi connectivity index (χ4v) is 2.32. The van der Waals surface area contributed by atoms with Crippen molar-refractivity contribution < 1.29 is 9.53 Å². The number of amides is 1. The SMILES string of the molecule is CC(C)(C)OC(=O)N1CCC[C@H]1Cn1cc(CN)nn1. The lowest BCUT2D eigenvalue weighted by Crippen LogP contribution is -2.41. The van der Waals surface area contributed by atoms with E-state index in [1.807, 2.05) is 27.0 Å². The molecule has 1 saturated heterocycles. The predicted molar refractivity (Wildman–Crippen MR) is 73.9 cm³/mol. The van der Waals surface area contributed by atoms with E-state index in [0.29, 0.717) is 13.1 Å². The quantitative estimate of drug-likeness (QED) is 0.897. The maximum atomic E-state index is 12.2. The van der Waals surface area contributed by atoms with Crippen molar-refractivity contribution in [3.05, 3.63) is 11.9 Å². The van der Waals surface area contributed by atoms with Gasteiger partial charge in [-0.25, -0.2) is 4.79 Å². The molecule has 7 heteroatoms. The fourth-order valence-electron chi connectivity index (χ4n) is 2.32. The maximum Gasteiger partial charge on any atom is 0.410 e. The van der Waals surface area contributed by atoms with Crippen LogP contribution in [0.5, 0.6) is 0 Å². The molecule has 112 valence electrons. The summed E-state index contributed by atoms with van der Waals surface area (Å²) < 4.78 is 7.18. The van der Waals surface area contributed by atoms with Crippen molar-refractivity contribution in [3.63, 3.8) is 0 Å². The lowest BCUT2D eigenvalue weighted by Gasteiger charge is -2.28. The Morgan fingerprint density at radius 2 is 2.30 bits per heavy atom. The van der Waals surface area contributed by atoms with Gasteiger partial charge >= 0.3 is 6.09 Å². The number of nitrogens with two attached hydrogens (primary N) is 1. The molecule has 2 N–H and O–H groups in total. The number of rotatable bonds is 3. The largest absolute Gasteiger partial charge is 0.444 e. The topological polar surface area (TPSA) is 86.3 Å². The van der Waals surface area contributed by atoms with Crippen LogP contribution >= 0.6 is 0 Å². The van der Waals surface area contributed by atoms with E-state index in [0.717, 1.165) is 25.1 Å². The summed E-state index contributed by atoms with van der Waals surface area (Å²) in [5, 5.41) is 7.99. The lowest BCUT2D eigenvalue weighted by atomic mass is 10.2. The van der Waals surface area contributed by atoms with Crippen LogP contribution in [0.1, 0.15) is 39.3 Å². The highest BCUT2D eigenvalue weighted by molar-refractivity contribution is 5.68. The molecule has 2 heterocycles. The molecule has 1 atom stereocenters. The van der Waals surface area contributed by atoms with Crippen LogP contribution in [0.15, 0.2) is 6.20 Å². The van der Waals surface area contributed by atoms with Gasteiger partial charge in [-0.15, -0.1) is 5.10 Å². The van der Waals surface area contributed by atoms with Crippen LogP contribution in [0.2, 0.25) is 0 Å². The molecule has 2 rings (SSSR count). The van der Waals surface area contributed by atoms with Crippen molar-refractivity contribution in [3.8, 4) is 0 Å². The highest BCUT2D eigenvalue weighted by Crippen LogP contribution is 2.21. The Hall–Kier alpha value is -1.63. The van der Waals surface area contributed by atoms with Crippen LogP contribution in [-0.2, 0) is 17.8 Å². The first kappa shape index (κ1) is 14.8. The average Bonchev–Trinajstić information content (AvgIpc) is 2.96. The maximum absolute atomic E-state index is 12.2. The number of carbonyl (C=O) groups is 1. The summed E-state index contributed by atoms with van der Waals surface area (Å²) in [5.74, 6) is 0. The highest BCUT2D eigenvalue weighted by atomic mass is 16.6. The second-order valence-electron chi connectivity index (χ2n) is 6.11. The minimum atomic E-state index is -0.468. The normalized spacial score (nSPS) is 19.4. The van der Waals surface area contributed by atoms with Gasteiger partial charge in [-0.1, -0.05) is 5.21 Å². The van der Waals surface area contributed by atoms with Crippen LogP contribution in [0, 0.1) is 0 Å². The Kier molecular flexibility index (Phi) is 4.27. The van der Waals surface area contributed by atoms with E-state index in [1.165, 1.54) is 0 Å². The molecule has 1 aliphatic rings. The van der Waals surface area contributed by atoms with Crippen LogP contribution in [-0.4, -0.2) is 44.2 Å². The summed E-state index contributed by atoms with van der Waals surface area (Å²) >= 11 is 0. The van der Waals surface area contributed by atoms with Crippen molar-refractivity contribution in [2.24, 2.45) is 5.73 Å². The molecule has 7 nitrogen and oxygen atoms in total. The van der Waals surface area contributed by atoms with Crippen molar-refractivity contribution in [2.75, 3.05) is 6.54 Å². The summed E-state index contributed by atoms with van der Waals surface area (Å²) in [5.41, 5.74) is 5.80. The summed E-state index contributed by atoms with van der Waals surface area (Å²) in [7, 11) is 0. The van der Waals surface area contributed by atoms with Crippen molar-refractivity contribution in [1.82, 2.24) is 19.9 Å². The molecule has 1 fully saturated rings. The van der Waals surface area contributed by atoms with Gasteiger partial charge in [-0.05, 0) is 33.6 Å². The Bertz CT molecular complexity index is 466. The van der Waals surface area contributed by atoms with Crippen LogP contribution in [0.4, 0.5) is 4.79 Å². The van der Waals surface area contributed by atoms with Gasteiger partial charge in [-0.3, -0.25) is 4.68 Å². The van der Waals surface area contributed by atoms with Crippen molar-refractivity contribution in [1.29, 1.82) is 0 Å². The highest BCUT2D eigenvalue weighted by Gasteiger charge is 2.32. The van der Waals surface area contributed by atoms with Gasteiger partial charge in [0, 0.05) is 19.3 Å². The summed E-state index contributed by atoms with van der Waals surface area (Å²) in [6, 6.07) is 0.108. The van der Waals surface area contributed by atoms with Crippen LogP contribution in [0.25, 0.3) is 0 Å².